The maximum Gasteiger partial charge on any atom is 0.348 e. The van der Waals surface area contributed by atoms with Crippen LogP contribution in [-0.4, -0.2) is 47.8 Å². The fourth-order valence-electron chi connectivity index (χ4n) is 4.37. The topological polar surface area (TPSA) is 185 Å². The van der Waals surface area contributed by atoms with Crippen LogP contribution >= 0.6 is 7.52 Å². The van der Waals surface area contributed by atoms with E-state index in [1.165, 1.54) is 18.2 Å². The summed E-state index contributed by atoms with van der Waals surface area (Å²) in [5, 5.41) is 25.9. The number of carbonyl (C=O) groups is 1. The highest BCUT2D eigenvalue weighted by Gasteiger charge is 2.39. The van der Waals surface area contributed by atoms with Crippen molar-refractivity contribution in [2.45, 2.75) is 72.8 Å². The van der Waals surface area contributed by atoms with Crippen LogP contribution < -0.4 is 21.1 Å². The van der Waals surface area contributed by atoms with E-state index < -0.39 is 28.9 Å². The van der Waals surface area contributed by atoms with Crippen molar-refractivity contribution in [3.63, 3.8) is 0 Å². The number of carbonyl (C=O) groups excluding carboxylic acids is 1. The van der Waals surface area contributed by atoms with E-state index in [1.54, 1.807) is 4.57 Å². The molecule has 1 aliphatic rings. The standard InChI is InChI=1S/C26H40N5O7PS/c1-25(2,3)12-13-31-22(26(4,5)6)21(33)20(24(31)34)23-28-17-11-10-16(30-40(7,36)37)15-18(17)39(35,29-23)38-14-8-9-19(27)32/h10-11,15,30,33-34H,8-9,12-14H2,1-7H3,(H2,27,32)(H,28,29,35). The van der Waals surface area contributed by atoms with Gasteiger partial charge in [-0.25, -0.2) is 8.42 Å². The third kappa shape index (κ3) is 7.38. The zero-order valence-electron chi connectivity index (χ0n) is 24.0. The minimum Gasteiger partial charge on any atom is -0.505 e. The highest BCUT2D eigenvalue weighted by molar-refractivity contribution is 7.92. The number of amides is 1. The van der Waals surface area contributed by atoms with Crippen molar-refractivity contribution < 1.29 is 32.5 Å². The van der Waals surface area contributed by atoms with Gasteiger partial charge >= 0.3 is 7.52 Å². The number of rotatable bonds is 10. The Morgan fingerprint density at radius 3 is 2.40 bits per heavy atom. The van der Waals surface area contributed by atoms with Crippen LogP contribution in [0.2, 0.25) is 0 Å². The molecule has 0 fully saturated rings. The van der Waals surface area contributed by atoms with E-state index in [0.29, 0.717) is 24.3 Å². The molecule has 1 amide bonds. The van der Waals surface area contributed by atoms with Crippen LogP contribution in [0.15, 0.2) is 23.0 Å². The number of hydrogen-bond donors (Lipinski definition) is 5. The molecule has 1 aromatic heterocycles. The molecule has 1 atom stereocenters. The molecule has 0 saturated heterocycles. The minimum atomic E-state index is -4.10. The number of hydrogen-bond acceptors (Lipinski definition) is 8. The smallest absolute Gasteiger partial charge is 0.348 e. The van der Waals surface area contributed by atoms with E-state index in [2.05, 4.69) is 35.6 Å². The largest absolute Gasteiger partial charge is 0.505 e. The Balaban J connectivity index is 2.17. The zero-order valence-corrected chi connectivity index (χ0v) is 25.7. The van der Waals surface area contributed by atoms with Gasteiger partial charge in [-0.3, -0.25) is 14.1 Å². The van der Waals surface area contributed by atoms with Gasteiger partial charge in [-0.1, -0.05) is 41.5 Å². The summed E-state index contributed by atoms with van der Waals surface area (Å²) in [5.74, 6) is -1.05. The third-order valence-corrected chi connectivity index (χ3v) is 8.75. The van der Waals surface area contributed by atoms with E-state index in [0.717, 1.165) is 6.26 Å². The number of nitrogens with zero attached hydrogens (tertiary/aromatic N) is 2. The first-order valence-electron chi connectivity index (χ1n) is 12.9. The van der Waals surface area contributed by atoms with Crippen molar-refractivity contribution >= 4 is 46.0 Å². The van der Waals surface area contributed by atoms with Crippen LogP contribution in [0.25, 0.3) is 0 Å². The number of aromatic hydroxyl groups is 2. The van der Waals surface area contributed by atoms with E-state index in [9.17, 15) is 28.0 Å². The minimum absolute atomic E-state index is 0.00446. The van der Waals surface area contributed by atoms with Crippen molar-refractivity contribution in [1.29, 1.82) is 0 Å². The molecule has 0 bridgehead atoms. The van der Waals surface area contributed by atoms with Gasteiger partial charge in [0.15, 0.2) is 11.6 Å². The van der Waals surface area contributed by atoms with Gasteiger partial charge in [0.25, 0.3) is 0 Å². The van der Waals surface area contributed by atoms with Crippen LogP contribution in [0, 0.1) is 5.41 Å². The summed E-state index contributed by atoms with van der Waals surface area (Å²) in [7, 11) is -7.72. The number of sulfonamides is 1. The number of nitrogens with two attached hydrogens (primary N) is 1. The fraction of sp³-hybridized carbons (Fsp3) is 0.538. The van der Waals surface area contributed by atoms with Gasteiger partial charge in [0.1, 0.15) is 5.56 Å². The lowest BCUT2D eigenvalue weighted by Gasteiger charge is -2.25. The van der Waals surface area contributed by atoms with Gasteiger partial charge in [0, 0.05) is 24.1 Å². The number of anilines is 2. The average molecular weight is 598 g/mol. The van der Waals surface area contributed by atoms with Crippen LogP contribution in [0.5, 0.6) is 11.6 Å². The van der Waals surface area contributed by atoms with Crippen LogP contribution in [0.4, 0.5) is 11.4 Å². The lowest BCUT2D eigenvalue weighted by atomic mass is 9.89. The Morgan fingerprint density at radius 1 is 1.20 bits per heavy atom. The average Bonchev–Trinajstić information content (AvgIpc) is 3.03. The summed E-state index contributed by atoms with van der Waals surface area (Å²) in [4.78, 5) is 11.2. The van der Waals surface area contributed by atoms with Gasteiger partial charge in [0.05, 0.1) is 29.5 Å². The monoisotopic (exact) mass is 597 g/mol. The SMILES string of the molecule is CC(C)(C)CCn1c(O)c(C2=NP(=O)(OCCCC(N)=O)c3cc(NS(C)(=O)=O)ccc3N2)c(O)c1C(C)(C)C. The van der Waals surface area contributed by atoms with Crippen molar-refractivity contribution in [3.05, 3.63) is 29.5 Å². The van der Waals surface area contributed by atoms with E-state index >= 15 is 0 Å². The van der Waals surface area contributed by atoms with E-state index in [1.807, 2.05) is 20.8 Å². The third-order valence-electron chi connectivity index (χ3n) is 6.17. The second-order valence-electron chi connectivity index (χ2n) is 12.2. The van der Waals surface area contributed by atoms with Gasteiger partial charge < -0.3 is 30.4 Å². The van der Waals surface area contributed by atoms with E-state index in [-0.39, 0.29) is 58.9 Å². The molecule has 222 valence electrons. The molecule has 1 aliphatic heterocycles. The number of aromatic nitrogens is 1. The zero-order chi connectivity index (χ0) is 30.3. The lowest BCUT2D eigenvalue weighted by Crippen LogP contribution is -2.26. The summed E-state index contributed by atoms with van der Waals surface area (Å²) in [6.07, 6.45) is 1.88. The quantitative estimate of drug-likeness (QED) is 0.201. The maximum absolute atomic E-state index is 14.3. The Morgan fingerprint density at radius 2 is 1.85 bits per heavy atom. The Labute approximate surface area is 235 Å². The van der Waals surface area contributed by atoms with Gasteiger partial charge in [-0.05, 0) is 36.5 Å². The lowest BCUT2D eigenvalue weighted by molar-refractivity contribution is -0.118. The molecule has 14 heteroatoms. The molecule has 0 spiro atoms. The van der Waals surface area contributed by atoms with Crippen molar-refractivity contribution in [2.24, 2.45) is 15.9 Å². The predicted molar refractivity (Wildman–Crippen MR) is 157 cm³/mol. The van der Waals surface area contributed by atoms with Crippen LogP contribution in [0.1, 0.15) is 72.1 Å². The molecule has 1 unspecified atom stereocenters. The number of fused-ring (bicyclic) bond motifs is 1. The second kappa shape index (κ2) is 11.1. The fourth-order valence-corrected chi connectivity index (χ4v) is 6.76. The first-order valence-corrected chi connectivity index (χ1v) is 16.4. The number of primary amides is 1. The number of benzene rings is 1. The van der Waals surface area contributed by atoms with Crippen LogP contribution in [-0.2, 0) is 35.9 Å². The Hall–Kier alpha value is -3.02. The molecule has 0 saturated carbocycles. The summed E-state index contributed by atoms with van der Waals surface area (Å²) in [5.41, 5.74) is 5.51. The molecular weight excluding hydrogens is 557 g/mol. The van der Waals surface area contributed by atoms with Gasteiger partial charge in [-0.15, -0.1) is 0 Å². The molecule has 40 heavy (non-hydrogen) atoms. The molecule has 12 nitrogen and oxygen atoms in total. The summed E-state index contributed by atoms with van der Waals surface area (Å²) in [6.45, 7) is 12.3. The summed E-state index contributed by atoms with van der Waals surface area (Å²) in [6, 6.07) is 4.34. The normalized spacial score (nSPS) is 17.6. The Kier molecular flexibility index (Phi) is 8.74. The molecule has 0 aliphatic carbocycles. The number of amidine groups is 1. The molecule has 6 N–H and O–H groups in total. The predicted octanol–water partition coefficient (Wildman–Crippen LogP) is 3.98. The highest BCUT2D eigenvalue weighted by Crippen LogP contribution is 2.54. The van der Waals surface area contributed by atoms with Gasteiger partial charge in [-0.2, -0.15) is 4.76 Å². The number of nitrogens with one attached hydrogen (secondary N) is 2. The molecule has 2 aromatic rings. The Bertz CT molecular complexity index is 1480. The maximum atomic E-state index is 14.3. The second-order valence-corrected chi connectivity index (χ2v) is 15.9. The molecular formula is C26H40N5O7PS. The van der Waals surface area contributed by atoms with Crippen molar-refractivity contribution in [3.8, 4) is 11.6 Å². The highest BCUT2D eigenvalue weighted by atomic mass is 32.2. The first kappa shape index (κ1) is 31.5. The molecule has 1 aromatic carbocycles. The van der Waals surface area contributed by atoms with Crippen molar-refractivity contribution in [1.82, 2.24) is 4.57 Å². The van der Waals surface area contributed by atoms with Crippen LogP contribution in [0.3, 0.4) is 0 Å². The van der Waals surface area contributed by atoms with Crippen molar-refractivity contribution in [2.75, 3.05) is 22.9 Å². The molecule has 2 heterocycles. The first-order chi connectivity index (χ1) is 18.2. The van der Waals surface area contributed by atoms with Gasteiger partial charge in [0.2, 0.25) is 21.8 Å². The van der Waals surface area contributed by atoms with E-state index in [4.69, 9.17) is 10.3 Å². The summed E-state index contributed by atoms with van der Waals surface area (Å²) < 4.78 is 51.9. The molecule has 0 radical (unpaired) electrons. The molecule has 3 rings (SSSR count). The summed E-state index contributed by atoms with van der Waals surface area (Å²) >= 11 is 0.